The maximum Gasteiger partial charge on any atom is 0.0703 e. The number of rotatable bonds is 3. The van der Waals surface area contributed by atoms with Crippen LogP contribution in [-0.4, -0.2) is 11.0 Å². The van der Waals surface area contributed by atoms with Crippen molar-refractivity contribution in [2.75, 3.05) is 5.32 Å². The summed E-state index contributed by atoms with van der Waals surface area (Å²) in [7, 11) is 0. The number of benzene rings is 1. The molecule has 94 valence electrons. The Hall–Kier alpha value is -1.57. The van der Waals surface area contributed by atoms with Crippen LogP contribution >= 0.6 is 0 Å². The van der Waals surface area contributed by atoms with E-state index in [1.807, 2.05) is 12.3 Å². The zero-order chi connectivity index (χ0) is 12.4. The van der Waals surface area contributed by atoms with Crippen LogP contribution in [0.1, 0.15) is 32.6 Å². The molecule has 1 aromatic carbocycles. The van der Waals surface area contributed by atoms with Crippen molar-refractivity contribution in [2.45, 2.75) is 38.6 Å². The summed E-state index contributed by atoms with van der Waals surface area (Å²) in [6, 6.07) is 11.3. The minimum atomic E-state index is 0.657. The van der Waals surface area contributed by atoms with Gasteiger partial charge in [0, 0.05) is 23.3 Å². The molecule has 0 bridgehead atoms. The molecular weight excluding hydrogens is 220 g/mol. The van der Waals surface area contributed by atoms with E-state index in [9.17, 15) is 0 Å². The Morgan fingerprint density at radius 2 is 2.22 bits per heavy atom. The summed E-state index contributed by atoms with van der Waals surface area (Å²) in [6.45, 7) is 2.30. The van der Waals surface area contributed by atoms with Crippen LogP contribution in [0.3, 0.4) is 0 Å². The fourth-order valence-corrected chi connectivity index (χ4v) is 3.09. The molecule has 2 unspecified atom stereocenters. The first-order valence-corrected chi connectivity index (χ1v) is 6.98. The second-order valence-electron chi connectivity index (χ2n) is 5.26. The molecule has 2 heteroatoms. The summed E-state index contributed by atoms with van der Waals surface area (Å²) in [5.41, 5.74) is 2.31. The molecule has 18 heavy (non-hydrogen) atoms. The molecular formula is C16H20N2. The van der Waals surface area contributed by atoms with Gasteiger partial charge in [-0.1, -0.05) is 25.8 Å². The molecule has 1 fully saturated rings. The number of nitrogens with one attached hydrogen (secondary N) is 1. The molecule has 2 aromatic rings. The SMILES string of the molecule is CCC1CCCC1Nc1ccc2ncccc2c1. The molecule has 0 radical (unpaired) electrons. The van der Waals surface area contributed by atoms with Crippen LogP contribution < -0.4 is 5.32 Å². The molecule has 1 aliphatic rings. The maximum absolute atomic E-state index is 4.36. The topological polar surface area (TPSA) is 24.9 Å². The molecule has 0 aliphatic heterocycles. The van der Waals surface area contributed by atoms with Gasteiger partial charge < -0.3 is 5.32 Å². The van der Waals surface area contributed by atoms with Gasteiger partial charge in [-0.3, -0.25) is 4.98 Å². The van der Waals surface area contributed by atoms with E-state index in [2.05, 4.69) is 41.5 Å². The number of hydrogen-bond acceptors (Lipinski definition) is 2. The summed E-state index contributed by atoms with van der Waals surface area (Å²) < 4.78 is 0. The number of aromatic nitrogens is 1. The van der Waals surface area contributed by atoms with E-state index < -0.39 is 0 Å². The first-order chi connectivity index (χ1) is 8.86. The van der Waals surface area contributed by atoms with Gasteiger partial charge in [0.15, 0.2) is 0 Å². The van der Waals surface area contributed by atoms with Gasteiger partial charge in [-0.05, 0) is 43.0 Å². The van der Waals surface area contributed by atoms with Crippen LogP contribution in [-0.2, 0) is 0 Å². The molecule has 2 nitrogen and oxygen atoms in total. The highest BCUT2D eigenvalue weighted by Gasteiger charge is 2.25. The first kappa shape index (κ1) is 11.5. The summed E-state index contributed by atoms with van der Waals surface area (Å²) in [4.78, 5) is 4.36. The van der Waals surface area contributed by atoms with Crippen LogP contribution in [0.4, 0.5) is 5.69 Å². The molecule has 1 N–H and O–H groups in total. The highest BCUT2D eigenvalue weighted by atomic mass is 14.9. The van der Waals surface area contributed by atoms with Gasteiger partial charge in [0.2, 0.25) is 0 Å². The van der Waals surface area contributed by atoms with E-state index in [0.717, 1.165) is 11.4 Å². The standard InChI is InChI=1S/C16H20N2/c1-2-12-5-3-7-16(12)18-14-8-9-15-13(11-14)6-4-10-17-15/h4,6,8-12,16,18H,2-3,5,7H2,1H3. The molecule has 0 saturated heterocycles. The molecule has 0 amide bonds. The van der Waals surface area contributed by atoms with Crippen molar-refractivity contribution in [2.24, 2.45) is 5.92 Å². The molecule has 1 saturated carbocycles. The van der Waals surface area contributed by atoms with Gasteiger partial charge in [-0.25, -0.2) is 0 Å². The zero-order valence-electron chi connectivity index (χ0n) is 10.9. The number of hydrogen-bond donors (Lipinski definition) is 1. The quantitative estimate of drug-likeness (QED) is 0.868. The van der Waals surface area contributed by atoms with Crippen molar-refractivity contribution >= 4 is 16.6 Å². The van der Waals surface area contributed by atoms with Gasteiger partial charge in [0.1, 0.15) is 0 Å². The first-order valence-electron chi connectivity index (χ1n) is 6.98. The van der Waals surface area contributed by atoms with Crippen LogP contribution in [0.2, 0.25) is 0 Å². The van der Waals surface area contributed by atoms with Crippen LogP contribution in [0, 0.1) is 5.92 Å². The molecule has 3 rings (SSSR count). The minimum absolute atomic E-state index is 0.657. The average Bonchev–Trinajstić information content (AvgIpc) is 2.86. The lowest BCUT2D eigenvalue weighted by Crippen LogP contribution is -2.23. The normalized spacial score (nSPS) is 23.4. The van der Waals surface area contributed by atoms with E-state index in [0.29, 0.717) is 6.04 Å². The Kier molecular flexibility index (Phi) is 3.18. The number of nitrogens with zero attached hydrogens (tertiary/aromatic N) is 1. The summed E-state index contributed by atoms with van der Waals surface area (Å²) in [5, 5.41) is 4.92. The molecule has 1 heterocycles. The smallest absolute Gasteiger partial charge is 0.0703 e. The van der Waals surface area contributed by atoms with E-state index >= 15 is 0 Å². The lowest BCUT2D eigenvalue weighted by molar-refractivity contribution is 0.489. The minimum Gasteiger partial charge on any atom is -0.382 e. The number of anilines is 1. The summed E-state index contributed by atoms with van der Waals surface area (Å²) >= 11 is 0. The van der Waals surface area contributed by atoms with Crippen LogP contribution in [0.25, 0.3) is 10.9 Å². The average molecular weight is 240 g/mol. The zero-order valence-corrected chi connectivity index (χ0v) is 10.9. The predicted octanol–water partition coefficient (Wildman–Crippen LogP) is 4.23. The van der Waals surface area contributed by atoms with Crippen molar-refractivity contribution < 1.29 is 0 Å². The Balaban J connectivity index is 1.82. The van der Waals surface area contributed by atoms with Crippen molar-refractivity contribution in [1.82, 2.24) is 4.98 Å². The molecule has 1 aromatic heterocycles. The second-order valence-corrected chi connectivity index (χ2v) is 5.26. The molecule has 0 spiro atoms. The summed E-state index contributed by atoms with van der Waals surface area (Å²) in [6.07, 6.45) is 7.19. The second kappa shape index (κ2) is 4.97. The number of fused-ring (bicyclic) bond motifs is 1. The van der Waals surface area contributed by atoms with Crippen molar-refractivity contribution in [3.05, 3.63) is 36.5 Å². The highest BCUT2D eigenvalue weighted by Crippen LogP contribution is 2.31. The van der Waals surface area contributed by atoms with E-state index in [4.69, 9.17) is 0 Å². The third-order valence-electron chi connectivity index (χ3n) is 4.14. The largest absolute Gasteiger partial charge is 0.382 e. The third-order valence-corrected chi connectivity index (χ3v) is 4.14. The van der Waals surface area contributed by atoms with Crippen LogP contribution in [0.15, 0.2) is 36.5 Å². The van der Waals surface area contributed by atoms with Crippen molar-refractivity contribution in [3.8, 4) is 0 Å². The maximum atomic E-state index is 4.36. The van der Waals surface area contributed by atoms with Crippen LogP contribution in [0.5, 0.6) is 0 Å². The number of pyridine rings is 1. The molecule has 2 atom stereocenters. The third kappa shape index (κ3) is 2.20. The van der Waals surface area contributed by atoms with Gasteiger partial charge in [0.25, 0.3) is 0 Å². The van der Waals surface area contributed by atoms with Gasteiger partial charge >= 0.3 is 0 Å². The van der Waals surface area contributed by atoms with E-state index in [1.165, 1.54) is 36.8 Å². The Labute approximate surface area is 108 Å². The van der Waals surface area contributed by atoms with Gasteiger partial charge in [-0.2, -0.15) is 0 Å². The fourth-order valence-electron chi connectivity index (χ4n) is 3.09. The lowest BCUT2D eigenvalue weighted by atomic mass is 10.0. The predicted molar refractivity (Wildman–Crippen MR) is 76.8 cm³/mol. The van der Waals surface area contributed by atoms with Gasteiger partial charge in [0.05, 0.1) is 5.52 Å². The van der Waals surface area contributed by atoms with Gasteiger partial charge in [-0.15, -0.1) is 0 Å². The van der Waals surface area contributed by atoms with Crippen molar-refractivity contribution in [3.63, 3.8) is 0 Å². The van der Waals surface area contributed by atoms with E-state index in [1.54, 1.807) is 0 Å². The fraction of sp³-hybridized carbons (Fsp3) is 0.438. The highest BCUT2D eigenvalue weighted by molar-refractivity contribution is 5.82. The molecule has 1 aliphatic carbocycles. The van der Waals surface area contributed by atoms with E-state index in [-0.39, 0.29) is 0 Å². The lowest BCUT2D eigenvalue weighted by Gasteiger charge is -2.21. The summed E-state index contributed by atoms with van der Waals surface area (Å²) in [5.74, 6) is 0.842. The Morgan fingerprint density at radius 1 is 1.28 bits per heavy atom. The van der Waals surface area contributed by atoms with Crippen molar-refractivity contribution in [1.29, 1.82) is 0 Å². The Bertz CT molecular complexity index is 535. The Morgan fingerprint density at radius 3 is 3.11 bits per heavy atom. The monoisotopic (exact) mass is 240 g/mol.